The van der Waals surface area contributed by atoms with Gasteiger partial charge in [-0.05, 0) is 37.0 Å². The molecule has 6 heteroatoms. The molecule has 0 heterocycles. The van der Waals surface area contributed by atoms with Gasteiger partial charge < -0.3 is 14.2 Å². The van der Waals surface area contributed by atoms with Crippen LogP contribution in [0.25, 0.3) is 0 Å². The Hall–Kier alpha value is -1.59. The Morgan fingerprint density at radius 2 is 0.449 bits per heavy atom. The van der Waals surface area contributed by atoms with Crippen molar-refractivity contribution in [2.45, 2.75) is 414 Å². The molecule has 0 saturated heterocycles. The molecular weight excluding hydrogens is 961 g/mol. The van der Waals surface area contributed by atoms with E-state index in [9.17, 15) is 14.4 Å². The zero-order valence-corrected chi connectivity index (χ0v) is 54.0. The molecule has 0 amide bonds. The summed E-state index contributed by atoms with van der Waals surface area (Å²) >= 11 is 0. The standard InChI is InChI=1S/C72H140O6/c1-7-68(6)60-54-48-42-36-30-24-17-13-9-11-14-18-25-31-37-43-49-55-61-70(73)76-64-69(65-77-71(74)62-56-50-44-38-32-26-21-20-23-29-35-41-47-53-59-67(4)5)78-72(75)63-57-51-45-39-33-27-19-15-10-8-12-16-22-28-34-40-46-52-58-66(2)3/h66-69H,7-65H2,1-6H3/t68?,69-/m0/s1. The van der Waals surface area contributed by atoms with E-state index in [1.807, 2.05) is 0 Å². The largest absolute Gasteiger partial charge is 0.462 e. The van der Waals surface area contributed by atoms with Crippen molar-refractivity contribution < 1.29 is 28.6 Å². The van der Waals surface area contributed by atoms with Crippen molar-refractivity contribution in [1.82, 2.24) is 0 Å². The van der Waals surface area contributed by atoms with Crippen LogP contribution in [0.3, 0.4) is 0 Å². The maximum absolute atomic E-state index is 13.0. The summed E-state index contributed by atoms with van der Waals surface area (Å²) in [7, 11) is 0. The van der Waals surface area contributed by atoms with Crippen molar-refractivity contribution in [1.29, 1.82) is 0 Å². The van der Waals surface area contributed by atoms with E-state index in [4.69, 9.17) is 14.2 Å². The van der Waals surface area contributed by atoms with Gasteiger partial charge in [-0.1, -0.05) is 369 Å². The quantitative estimate of drug-likeness (QED) is 0.0343. The van der Waals surface area contributed by atoms with Gasteiger partial charge in [0.05, 0.1) is 0 Å². The molecule has 0 aliphatic heterocycles. The van der Waals surface area contributed by atoms with Crippen LogP contribution < -0.4 is 0 Å². The third-order valence-electron chi connectivity index (χ3n) is 17.0. The van der Waals surface area contributed by atoms with Gasteiger partial charge in [0.2, 0.25) is 0 Å². The SMILES string of the molecule is CCC(C)CCCCCCCCCCCCCCCCCCCCC(=O)OC[C@@H](COC(=O)CCCCCCCCCCCCCCCCC(C)C)OC(=O)CCCCCCCCCCCCCCCCCCCCC(C)C. The average Bonchev–Trinajstić information content (AvgIpc) is 3.42. The highest BCUT2D eigenvalue weighted by atomic mass is 16.6. The van der Waals surface area contributed by atoms with Gasteiger partial charge in [-0.15, -0.1) is 0 Å². The first-order chi connectivity index (χ1) is 38.1. The Bertz CT molecular complexity index is 1210. The number of hydrogen-bond donors (Lipinski definition) is 0. The van der Waals surface area contributed by atoms with Crippen molar-refractivity contribution in [3.63, 3.8) is 0 Å². The van der Waals surface area contributed by atoms with Crippen LogP contribution in [0.15, 0.2) is 0 Å². The molecular formula is C72H140O6. The second-order valence-electron chi connectivity index (χ2n) is 26.1. The first kappa shape index (κ1) is 76.4. The minimum atomic E-state index is -0.765. The lowest BCUT2D eigenvalue weighted by molar-refractivity contribution is -0.167. The maximum Gasteiger partial charge on any atom is 0.306 e. The topological polar surface area (TPSA) is 78.9 Å². The molecule has 1 unspecified atom stereocenters. The lowest BCUT2D eigenvalue weighted by atomic mass is 9.99. The summed E-state index contributed by atoms with van der Waals surface area (Å²) in [5.74, 6) is 1.79. The fourth-order valence-corrected chi connectivity index (χ4v) is 11.3. The summed E-state index contributed by atoms with van der Waals surface area (Å²) < 4.78 is 17.0. The molecule has 0 aliphatic rings. The van der Waals surface area contributed by atoms with E-state index < -0.39 is 6.10 Å². The molecule has 78 heavy (non-hydrogen) atoms. The van der Waals surface area contributed by atoms with Gasteiger partial charge in [-0.3, -0.25) is 14.4 Å². The van der Waals surface area contributed by atoms with Gasteiger partial charge in [0, 0.05) is 19.3 Å². The average molecular weight is 1100 g/mol. The molecule has 0 fully saturated rings. The monoisotopic (exact) mass is 1100 g/mol. The number of carbonyl (C=O) groups is 3. The predicted octanol–water partition coefficient (Wildman–Crippen LogP) is 24.2. The second-order valence-corrected chi connectivity index (χ2v) is 26.1. The van der Waals surface area contributed by atoms with E-state index in [2.05, 4.69) is 41.5 Å². The van der Waals surface area contributed by atoms with Crippen LogP contribution in [0.1, 0.15) is 408 Å². The van der Waals surface area contributed by atoms with Gasteiger partial charge in [-0.2, -0.15) is 0 Å². The predicted molar refractivity (Wildman–Crippen MR) is 339 cm³/mol. The summed E-state index contributed by atoms with van der Waals surface area (Å²) in [6.07, 6.45) is 71.1. The van der Waals surface area contributed by atoms with Crippen molar-refractivity contribution in [2.24, 2.45) is 17.8 Å². The Kier molecular flexibility index (Phi) is 61.7. The number of rotatable bonds is 65. The molecule has 6 nitrogen and oxygen atoms in total. The molecule has 0 saturated carbocycles. The van der Waals surface area contributed by atoms with Crippen molar-refractivity contribution >= 4 is 17.9 Å². The van der Waals surface area contributed by atoms with Gasteiger partial charge in [0.1, 0.15) is 13.2 Å². The summed E-state index contributed by atoms with van der Waals surface area (Å²) in [5, 5.41) is 0. The van der Waals surface area contributed by atoms with Gasteiger partial charge >= 0.3 is 17.9 Å². The highest BCUT2D eigenvalue weighted by Crippen LogP contribution is 2.20. The van der Waals surface area contributed by atoms with Crippen molar-refractivity contribution in [3.8, 4) is 0 Å². The van der Waals surface area contributed by atoms with Crippen LogP contribution >= 0.6 is 0 Å². The Balaban J connectivity index is 4.27. The van der Waals surface area contributed by atoms with E-state index in [1.165, 1.54) is 289 Å². The summed E-state index contributed by atoms with van der Waals surface area (Å²) in [5.41, 5.74) is 0. The lowest BCUT2D eigenvalue weighted by Gasteiger charge is -2.18. The number of carbonyl (C=O) groups excluding carboxylic acids is 3. The van der Waals surface area contributed by atoms with Crippen molar-refractivity contribution in [2.75, 3.05) is 13.2 Å². The molecule has 464 valence electrons. The van der Waals surface area contributed by atoms with E-state index in [0.717, 1.165) is 75.5 Å². The minimum absolute atomic E-state index is 0.0617. The smallest absolute Gasteiger partial charge is 0.306 e. The lowest BCUT2D eigenvalue weighted by Crippen LogP contribution is -2.30. The summed E-state index contributed by atoms with van der Waals surface area (Å²) in [6.45, 7) is 13.9. The molecule has 0 N–H and O–H groups in total. The Labute approximate surface area is 488 Å². The molecule has 0 aromatic heterocycles. The summed E-state index contributed by atoms with van der Waals surface area (Å²) in [6, 6.07) is 0. The van der Waals surface area contributed by atoms with E-state index in [0.29, 0.717) is 19.3 Å². The zero-order valence-electron chi connectivity index (χ0n) is 54.0. The molecule has 0 aromatic rings. The maximum atomic E-state index is 13.0. The Morgan fingerprint density at radius 1 is 0.256 bits per heavy atom. The van der Waals surface area contributed by atoms with Crippen LogP contribution in [0.2, 0.25) is 0 Å². The van der Waals surface area contributed by atoms with Crippen LogP contribution in [0.5, 0.6) is 0 Å². The van der Waals surface area contributed by atoms with Crippen LogP contribution in [-0.2, 0) is 28.6 Å². The molecule has 2 atom stereocenters. The normalized spacial score (nSPS) is 12.5. The highest BCUT2D eigenvalue weighted by Gasteiger charge is 2.20. The van der Waals surface area contributed by atoms with Gasteiger partial charge in [0.25, 0.3) is 0 Å². The third kappa shape index (κ3) is 63.6. The molecule has 0 spiro atoms. The van der Waals surface area contributed by atoms with Crippen LogP contribution in [-0.4, -0.2) is 37.2 Å². The fraction of sp³-hybridized carbons (Fsp3) is 0.958. The number of unbranched alkanes of at least 4 members (excludes halogenated alkanes) is 47. The van der Waals surface area contributed by atoms with E-state index in [-0.39, 0.29) is 31.1 Å². The van der Waals surface area contributed by atoms with E-state index in [1.54, 1.807) is 0 Å². The first-order valence-corrected chi connectivity index (χ1v) is 35.6. The summed E-state index contributed by atoms with van der Waals surface area (Å²) in [4.78, 5) is 38.5. The van der Waals surface area contributed by atoms with Gasteiger partial charge in [0.15, 0.2) is 6.10 Å². The number of esters is 3. The third-order valence-corrected chi connectivity index (χ3v) is 17.0. The van der Waals surface area contributed by atoms with Gasteiger partial charge in [-0.25, -0.2) is 0 Å². The number of hydrogen-bond acceptors (Lipinski definition) is 6. The fourth-order valence-electron chi connectivity index (χ4n) is 11.3. The molecule has 0 rings (SSSR count). The van der Waals surface area contributed by atoms with E-state index >= 15 is 0 Å². The highest BCUT2D eigenvalue weighted by molar-refractivity contribution is 5.71. The number of ether oxygens (including phenoxy) is 3. The molecule has 0 bridgehead atoms. The second kappa shape index (κ2) is 63.0. The van der Waals surface area contributed by atoms with Crippen LogP contribution in [0, 0.1) is 17.8 Å². The molecule has 0 aromatic carbocycles. The van der Waals surface area contributed by atoms with Crippen molar-refractivity contribution in [3.05, 3.63) is 0 Å². The van der Waals surface area contributed by atoms with Crippen LogP contribution in [0.4, 0.5) is 0 Å². The Morgan fingerprint density at radius 3 is 0.667 bits per heavy atom. The molecule has 0 radical (unpaired) electrons. The zero-order chi connectivity index (χ0) is 56.9. The minimum Gasteiger partial charge on any atom is -0.462 e. The molecule has 0 aliphatic carbocycles. The first-order valence-electron chi connectivity index (χ1n) is 35.6.